The van der Waals surface area contributed by atoms with Gasteiger partial charge in [0.2, 0.25) is 0 Å². The summed E-state index contributed by atoms with van der Waals surface area (Å²) < 4.78 is 0. The maximum atomic E-state index is 9.81. The van der Waals surface area contributed by atoms with E-state index in [1.165, 1.54) is 36.8 Å². The van der Waals surface area contributed by atoms with Gasteiger partial charge < -0.3 is 14.7 Å². The predicted molar refractivity (Wildman–Crippen MR) is 91.9 cm³/mol. The Morgan fingerprint density at radius 2 is 1.48 bits per heavy atom. The van der Waals surface area contributed by atoms with Gasteiger partial charge in [0.05, 0.1) is 5.56 Å². The van der Waals surface area contributed by atoms with E-state index in [4.69, 9.17) is 4.98 Å². The van der Waals surface area contributed by atoms with Crippen LogP contribution in [0.1, 0.15) is 42.4 Å². The average Bonchev–Trinajstić information content (AvgIpc) is 3.26. The van der Waals surface area contributed by atoms with Gasteiger partial charge in [0.1, 0.15) is 17.7 Å². The molecule has 2 fully saturated rings. The van der Waals surface area contributed by atoms with Crippen LogP contribution in [-0.2, 0) is 13.0 Å². The van der Waals surface area contributed by atoms with Gasteiger partial charge in [0.15, 0.2) is 0 Å². The van der Waals surface area contributed by atoms with E-state index in [-0.39, 0.29) is 0 Å². The number of pyridine rings is 1. The van der Waals surface area contributed by atoms with Gasteiger partial charge in [-0.1, -0.05) is 0 Å². The number of hydrogen-bond acceptors (Lipinski definition) is 5. The minimum atomic E-state index is 0.845. The molecule has 3 aliphatic rings. The Morgan fingerprint density at radius 1 is 0.870 bits per heavy atom. The topological polar surface area (TPSA) is 46.4 Å². The van der Waals surface area contributed by atoms with Gasteiger partial charge >= 0.3 is 0 Å². The minimum Gasteiger partial charge on any atom is -0.356 e. The van der Waals surface area contributed by atoms with Gasteiger partial charge in [0.25, 0.3) is 0 Å². The molecule has 0 amide bonds. The molecule has 1 aromatic heterocycles. The molecule has 0 radical (unpaired) electrons. The van der Waals surface area contributed by atoms with E-state index >= 15 is 0 Å². The Labute approximate surface area is 138 Å². The molecule has 0 aliphatic carbocycles. The van der Waals surface area contributed by atoms with Crippen LogP contribution in [0.2, 0.25) is 0 Å². The number of aromatic nitrogens is 1. The van der Waals surface area contributed by atoms with Crippen LogP contribution in [0.4, 0.5) is 11.6 Å². The van der Waals surface area contributed by atoms with Crippen LogP contribution >= 0.6 is 0 Å². The second-order valence-corrected chi connectivity index (χ2v) is 7.08. The van der Waals surface area contributed by atoms with Crippen LogP contribution in [0.15, 0.2) is 0 Å². The van der Waals surface area contributed by atoms with Crippen molar-refractivity contribution in [2.24, 2.45) is 0 Å². The summed E-state index contributed by atoms with van der Waals surface area (Å²) in [5.41, 5.74) is 3.42. The van der Waals surface area contributed by atoms with Gasteiger partial charge in [-0.2, -0.15) is 5.26 Å². The van der Waals surface area contributed by atoms with Crippen LogP contribution in [0, 0.1) is 11.3 Å². The van der Waals surface area contributed by atoms with Crippen molar-refractivity contribution in [1.29, 1.82) is 5.26 Å². The molecule has 0 spiro atoms. The van der Waals surface area contributed by atoms with Crippen LogP contribution < -0.4 is 9.80 Å². The molecule has 2 saturated heterocycles. The fourth-order valence-corrected chi connectivity index (χ4v) is 4.20. The highest BCUT2D eigenvalue weighted by Gasteiger charge is 2.30. The maximum Gasteiger partial charge on any atom is 0.149 e. The molecule has 0 N–H and O–H groups in total. The van der Waals surface area contributed by atoms with Crippen molar-refractivity contribution in [3.63, 3.8) is 0 Å². The van der Waals surface area contributed by atoms with Crippen molar-refractivity contribution in [2.45, 2.75) is 38.6 Å². The molecule has 0 unspecified atom stereocenters. The first-order valence-corrected chi connectivity index (χ1v) is 8.92. The van der Waals surface area contributed by atoms with Gasteiger partial charge in [0, 0.05) is 44.8 Å². The smallest absolute Gasteiger partial charge is 0.149 e. The summed E-state index contributed by atoms with van der Waals surface area (Å²) in [4.78, 5) is 12.2. The lowest BCUT2D eigenvalue weighted by molar-refractivity contribution is 0.312. The van der Waals surface area contributed by atoms with E-state index in [1.807, 2.05) is 0 Å². The second kappa shape index (κ2) is 6.01. The normalized spacial score (nSPS) is 21.6. The Morgan fingerprint density at radius 3 is 2.09 bits per heavy atom. The quantitative estimate of drug-likeness (QED) is 0.837. The molecule has 4 heterocycles. The summed E-state index contributed by atoms with van der Waals surface area (Å²) in [6.45, 7) is 6.25. The summed E-state index contributed by atoms with van der Waals surface area (Å²) in [6.07, 6.45) is 5.91. The Hall–Kier alpha value is -1.80. The molecule has 1 aromatic rings. The van der Waals surface area contributed by atoms with E-state index in [2.05, 4.69) is 27.8 Å². The molecule has 5 heteroatoms. The summed E-state index contributed by atoms with van der Waals surface area (Å²) in [6, 6.07) is 2.49. The predicted octanol–water partition coefficient (Wildman–Crippen LogP) is 2.14. The molecule has 0 saturated carbocycles. The molecule has 0 bridgehead atoms. The highest BCUT2D eigenvalue weighted by Crippen LogP contribution is 2.36. The van der Waals surface area contributed by atoms with Gasteiger partial charge in [-0.15, -0.1) is 0 Å². The first-order chi connectivity index (χ1) is 11.3. The minimum absolute atomic E-state index is 0.845. The van der Waals surface area contributed by atoms with E-state index in [9.17, 15) is 5.26 Å². The molecule has 0 aromatic carbocycles. The maximum absolute atomic E-state index is 9.81. The molecule has 5 nitrogen and oxygen atoms in total. The first-order valence-electron chi connectivity index (χ1n) is 8.92. The zero-order valence-electron chi connectivity index (χ0n) is 14.0. The number of hydrogen-bond donors (Lipinski definition) is 0. The van der Waals surface area contributed by atoms with Crippen LogP contribution in [-0.4, -0.2) is 49.7 Å². The first kappa shape index (κ1) is 14.8. The van der Waals surface area contributed by atoms with Crippen molar-refractivity contribution >= 4 is 11.6 Å². The highest BCUT2D eigenvalue weighted by molar-refractivity contribution is 5.68. The Bertz CT molecular complexity index is 636. The van der Waals surface area contributed by atoms with E-state index in [0.717, 1.165) is 62.9 Å². The number of likely N-dealkylation sites (N-methyl/N-ethyl adjacent to an activating group) is 1. The Balaban J connectivity index is 1.86. The summed E-state index contributed by atoms with van der Waals surface area (Å²) >= 11 is 0. The SMILES string of the molecule is CN1CCc2c(C#N)c(N3CCCC3)nc(N3CCCC3)c2C1. The lowest BCUT2D eigenvalue weighted by atomic mass is 9.95. The summed E-state index contributed by atoms with van der Waals surface area (Å²) in [7, 11) is 2.16. The van der Waals surface area contributed by atoms with Crippen molar-refractivity contribution < 1.29 is 0 Å². The second-order valence-electron chi connectivity index (χ2n) is 7.08. The van der Waals surface area contributed by atoms with E-state index in [1.54, 1.807) is 0 Å². The molecule has 0 atom stereocenters. The van der Waals surface area contributed by atoms with Crippen molar-refractivity contribution in [3.05, 3.63) is 16.7 Å². The van der Waals surface area contributed by atoms with E-state index in [0.29, 0.717) is 0 Å². The fraction of sp³-hybridized carbons (Fsp3) is 0.667. The van der Waals surface area contributed by atoms with Crippen LogP contribution in [0.3, 0.4) is 0 Å². The largest absolute Gasteiger partial charge is 0.356 e. The number of nitriles is 1. The number of fused-ring (bicyclic) bond motifs is 1. The standard InChI is InChI=1S/C18H25N5/c1-21-11-6-14-15(12-19)17(22-7-2-3-8-22)20-18(16(14)13-21)23-9-4-5-10-23/h2-11,13H2,1H3. The molecule has 4 rings (SSSR count). The third kappa shape index (κ3) is 2.55. The summed E-state index contributed by atoms with van der Waals surface area (Å²) in [5.74, 6) is 2.11. The lowest BCUT2D eigenvalue weighted by Crippen LogP contribution is -2.33. The molecule has 3 aliphatic heterocycles. The monoisotopic (exact) mass is 311 g/mol. The molecule has 23 heavy (non-hydrogen) atoms. The zero-order chi connectivity index (χ0) is 15.8. The zero-order valence-corrected chi connectivity index (χ0v) is 14.0. The van der Waals surface area contributed by atoms with E-state index < -0.39 is 0 Å². The third-order valence-corrected chi connectivity index (χ3v) is 5.47. The molecule has 122 valence electrons. The lowest BCUT2D eigenvalue weighted by Gasteiger charge is -2.32. The van der Waals surface area contributed by atoms with Crippen molar-refractivity contribution in [3.8, 4) is 6.07 Å². The van der Waals surface area contributed by atoms with Crippen molar-refractivity contribution in [1.82, 2.24) is 9.88 Å². The Kier molecular flexibility index (Phi) is 3.86. The molecular weight excluding hydrogens is 286 g/mol. The van der Waals surface area contributed by atoms with Crippen LogP contribution in [0.5, 0.6) is 0 Å². The van der Waals surface area contributed by atoms with Crippen LogP contribution in [0.25, 0.3) is 0 Å². The van der Waals surface area contributed by atoms with Crippen molar-refractivity contribution in [2.75, 3.05) is 49.6 Å². The van der Waals surface area contributed by atoms with Gasteiger partial charge in [-0.25, -0.2) is 4.98 Å². The van der Waals surface area contributed by atoms with Gasteiger partial charge in [-0.05, 0) is 44.7 Å². The highest BCUT2D eigenvalue weighted by atomic mass is 15.3. The average molecular weight is 311 g/mol. The molecular formula is C18H25N5. The van der Waals surface area contributed by atoms with Gasteiger partial charge in [-0.3, -0.25) is 0 Å². The number of anilines is 2. The fourth-order valence-electron chi connectivity index (χ4n) is 4.20. The number of rotatable bonds is 2. The summed E-state index contributed by atoms with van der Waals surface area (Å²) in [5, 5.41) is 9.81. The number of nitrogens with zero attached hydrogens (tertiary/aromatic N) is 5. The third-order valence-electron chi connectivity index (χ3n) is 5.47.